The molecule has 2 rings (SSSR count). The van der Waals surface area contributed by atoms with E-state index in [1.807, 2.05) is 0 Å². The van der Waals surface area contributed by atoms with Gasteiger partial charge in [0.05, 0.1) is 7.11 Å². The monoisotopic (exact) mass is 222 g/mol. The summed E-state index contributed by atoms with van der Waals surface area (Å²) in [6, 6.07) is 0. The molecular formula is C11H18N4O. The highest BCUT2D eigenvalue weighted by molar-refractivity contribution is 5.16. The van der Waals surface area contributed by atoms with Crippen LogP contribution in [-0.2, 0) is 6.54 Å². The van der Waals surface area contributed by atoms with Crippen LogP contribution in [0, 0.1) is 5.92 Å². The van der Waals surface area contributed by atoms with Crippen LogP contribution in [0.25, 0.3) is 0 Å². The first kappa shape index (κ1) is 11.3. The molecule has 1 aliphatic heterocycles. The van der Waals surface area contributed by atoms with Gasteiger partial charge < -0.3 is 15.4 Å². The van der Waals surface area contributed by atoms with Gasteiger partial charge in [0.1, 0.15) is 5.69 Å². The minimum Gasteiger partial charge on any atom is -0.480 e. The first-order chi connectivity index (χ1) is 7.90. The standard InChI is InChI=1S/C11H18N4O/c1-16-11-10(14-4-5-15-11)8-13-7-9-2-3-12-6-9/h4-5,9,12-13H,2-3,6-8H2,1H3/t9-/m0/s1. The molecule has 1 fully saturated rings. The molecule has 1 saturated heterocycles. The Hall–Kier alpha value is -1.20. The van der Waals surface area contributed by atoms with Gasteiger partial charge in [-0.15, -0.1) is 0 Å². The molecule has 1 aliphatic rings. The average molecular weight is 222 g/mol. The van der Waals surface area contributed by atoms with E-state index >= 15 is 0 Å². The summed E-state index contributed by atoms with van der Waals surface area (Å²) in [5.74, 6) is 1.35. The van der Waals surface area contributed by atoms with E-state index in [9.17, 15) is 0 Å². The van der Waals surface area contributed by atoms with Crippen molar-refractivity contribution in [2.45, 2.75) is 13.0 Å². The van der Waals surface area contributed by atoms with Gasteiger partial charge in [0.2, 0.25) is 5.88 Å². The van der Waals surface area contributed by atoms with E-state index < -0.39 is 0 Å². The SMILES string of the molecule is COc1nccnc1CNC[C@H]1CCNC1. The van der Waals surface area contributed by atoms with E-state index in [-0.39, 0.29) is 0 Å². The Morgan fingerprint density at radius 1 is 1.50 bits per heavy atom. The molecule has 1 aromatic heterocycles. The average Bonchev–Trinajstić information content (AvgIpc) is 2.83. The molecule has 16 heavy (non-hydrogen) atoms. The highest BCUT2D eigenvalue weighted by atomic mass is 16.5. The number of ether oxygens (including phenoxy) is 1. The van der Waals surface area contributed by atoms with Gasteiger partial charge in [-0.3, -0.25) is 4.98 Å². The van der Waals surface area contributed by atoms with Gasteiger partial charge in [0, 0.05) is 18.9 Å². The summed E-state index contributed by atoms with van der Waals surface area (Å²) < 4.78 is 5.14. The van der Waals surface area contributed by atoms with E-state index in [0.29, 0.717) is 12.4 Å². The van der Waals surface area contributed by atoms with E-state index in [4.69, 9.17) is 4.74 Å². The molecule has 1 aromatic rings. The van der Waals surface area contributed by atoms with Crippen LogP contribution in [0.15, 0.2) is 12.4 Å². The third kappa shape index (κ3) is 2.90. The smallest absolute Gasteiger partial charge is 0.236 e. The fourth-order valence-corrected chi connectivity index (χ4v) is 1.93. The Bertz CT molecular complexity index is 326. The zero-order chi connectivity index (χ0) is 11.2. The maximum Gasteiger partial charge on any atom is 0.236 e. The third-order valence-electron chi connectivity index (χ3n) is 2.82. The lowest BCUT2D eigenvalue weighted by atomic mass is 10.1. The van der Waals surface area contributed by atoms with E-state index in [1.165, 1.54) is 6.42 Å². The third-order valence-corrected chi connectivity index (χ3v) is 2.82. The molecule has 0 saturated carbocycles. The van der Waals surface area contributed by atoms with Crippen molar-refractivity contribution in [3.05, 3.63) is 18.1 Å². The summed E-state index contributed by atoms with van der Waals surface area (Å²) in [4.78, 5) is 8.36. The molecule has 0 aliphatic carbocycles. The van der Waals surface area contributed by atoms with Crippen molar-refractivity contribution < 1.29 is 4.74 Å². The molecule has 2 heterocycles. The van der Waals surface area contributed by atoms with E-state index in [1.54, 1.807) is 19.5 Å². The van der Waals surface area contributed by atoms with Crippen LogP contribution in [0.3, 0.4) is 0 Å². The number of hydrogen-bond acceptors (Lipinski definition) is 5. The molecule has 0 bridgehead atoms. The van der Waals surface area contributed by atoms with Crippen LogP contribution < -0.4 is 15.4 Å². The number of hydrogen-bond donors (Lipinski definition) is 2. The van der Waals surface area contributed by atoms with Gasteiger partial charge in [-0.2, -0.15) is 0 Å². The predicted octanol–water partition coefficient (Wildman–Crippen LogP) is 0.184. The largest absolute Gasteiger partial charge is 0.480 e. The molecule has 88 valence electrons. The number of nitrogens with zero attached hydrogens (tertiary/aromatic N) is 2. The quantitative estimate of drug-likeness (QED) is 0.744. The first-order valence-electron chi connectivity index (χ1n) is 5.65. The first-order valence-corrected chi connectivity index (χ1v) is 5.65. The highest BCUT2D eigenvalue weighted by Crippen LogP contribution is 2.10. The summed E-state index contributed by atoms with van der Waals surface area (Å²) in [5.41, 5.74) is 0.871. The second-order valence-electron chi connectivity index (χ2n) is 4.00. The Kier molecular flexibility index (Phi) is 4.07. The fraction of sp³-hybridized carbons (Fsp3) is 0.636. The molecule has 0 amide bonds. The van der Waals surface area contributed by atoms with Gasteiger partial charge in [0.15, 0.2) is 0 Å². The Morgan fingerprint density at radius 2 is 2.38 bits per heavy atom. The number of methoxy groups -OCH3 is 1. The van der Waals surface area contributed by atoms with Gasteiger partial charge in [-0.05, 0) is 32.0 Å². The van der Waals surface area contributed by atoms with Crippen LogP contribution in [0.5, 0.6) is 5.88 Å². The zero-order valence-corrected chi connectivity index (χ0v) is 9.57. The van der Waals surface area contributed by atoms with Crippen LogP contribution in [-0.4, -0.2) is 36.7 Å². The van der Waals surface area contributed by atoms with Crippen LogP contribution in [0.1, 0.15) is 12.1 Å². The Labute approximate surface area is 95.6 Å². The molecule has 5 nitrogen and oxygen atoms in total. The number of rotatable bonds is 5. The minimum atomic E-state index is 0.611. The van der Waals surface area contributed by atoms with Crippen molar-refractivity contribution in [2.75, 3.05) is 26.7 Å². The lowest BCUT2D eigenvalue weighted by molar-refractivity contribution is 0.385. The van der Waals surface area contributed by atoms with Gasteiger partial charge >= 0.3 is 0 Å². The van der Waals surface area contributed by atoms with Crippen molar-refractivity contribution >= 4 is 0 Å². The van der Waals surface area contributed by atoms with Crippen molar-refractivity contribution in [3.8, 4) is 5.88 Å². The van der Waals surface area contributed by atoms with Gasteiger partial charge in [0.25, 0.3) is 0 Å². The highest BCUT2D eigenvalue weighted by Gasteiger charge is 2.14. The number of aromatic nitrogens is 2. The zero-order valence-electron chi connectivity index (χ0n) is 9.57. The summed E-state index contributed by atoms with van der Waals surface area (Å²) in [5, 5.41) is 6.75. The Morgan fingerprint density at radius 3 is 3.12 bits per heavy atom. The lowest BCUT2D eigenvalue weighted by Crippen LogP contribution is -2.24. The second kappa shape index (κ2) is 5.77. The summed E-state index contributed by atoms with van der Waals surface area (Å²) in [7, 11) is 1.62. The summed E-state index contributed by atoms with van der Waals surface area (Å²) in [6.45, 7) is 3.99. The fourth-order valence-electron chi connectivity index (χ4n) is 1.93. The summed E-state index contributed by atoms with van der Waals surface area (Å²) in [6.07, 6.45) is 4.59. The van der Waals surface area contributed by atoms with Crippen molar-refractivity contribution in [2.24, 2.45) is 5.92 Å². The molecule has 0 spiro atoms. The van der Waals surface area contributed by atoms with E-state index in [2.05, 4.69) is 20.6 Å². The molecule has 0 unspecified atom stereocenters. The molecule has 1 atom stereocenters. The van der Waals surface area contributed by atoms with Crippen LogP contribution in [0.4, 0.5) is 0 Å². The molecular weight excluding hydrogens is 204 g/mol. The minimum absolute atomic E-state index is 0.611. The topological polar surface area (TPSA) is 59.1 Å². The van der Waals surface area contributed by atoms with Crippen molar-refractivity contribution in [1.29, 1.82) is 0 Å². The van der Waals surface area contributed by atoms with Crippen molar-refractivity contribution in [1.82, 2.24) is 20.6 Å². The Balaban J connectivity index is 1.79. The van der Waals surface area contributed by atoms with Gasteiger partial charge in [-0.1, -0.05) is 0 Å². The van der Waals surface area contributed by atoms with Crippen LogP contribution >= 0.6 is 0 Å². The van der Waals surface area contributed by atoms with Crippen molar-refractivity contribution in [3.63, 3.8) is 0 Å². The predicted molar refractivity (Wildman–Crippen MR) is 61.3 cm³/mol. The second-order valence-corrected chi connectivity index (χ2v) is 4.00. The maximum absolute atomic E-state index is 5.14. The summed E-state index contributed by atoms with van der Waals surface area (Å²) >= 11 is 0. The van der Waals surface area contributed by atoms with Gasteiger partial charge in [-0.25, -0.2) is 4.98 Å². The molecule has 0 radical (unpaired) electrons. The van der Waals surface area contributed by atoms with E-state index in [0.717, 1.165) is 31.2 Å². The molecule has 5 heteroatoms. The normalized spacial score (nSPS) is 19.9. The van der Waals surface area contributed by atoms with Crippen LogP contribution in [0.2, 0.25) is 0 Å². The number of nitrogens with one attached hydrogen (secondary N) is 2. The lowest BCUT2D eigenvalue weighted by Gasteiger charge is -2.10. The molecule has 0 aromatic carbocycles. The molecule has 2 N–H and O–H groups in total. The maximum atomic E-state index is 5.14.